The molecule has 3 N–H and O–H groups in total. The lowest BCUT2D eigenvalue weighted by molar-refractivity contribution is -0.497. The van der Waals surface area contributed by atoms with E-state index in [1.165, 1.54) is 11.0 Å². The van der Waals surface area contributed by atoms with Gasteiger partial charge in [0, 0.05) is 24.6 Å². The Labute approximate surface area is 211 Å². The molecule has 1 aromatic carbocycles. The first-order chi connectivity index (χ1) is 17.2. The fraction of sp³-hybridized carbons (Fsp3) is 0.545. The van der Waals surface area contributed by atoms with E-state index in [1.807, 2.05) is 0 Å². The smallest absolute Gasteiger partial charge is 0.334 e. The number of thioether (sulfide) groups is 1. The van der Waals surface area contributed by atoms with E-state index in [1.54, 1.807) is 25.1 Å². The molecular formula is C22H30N4O9S. The van der Waals surface area contributed by atoms with Gasteiger partial charge in [0.1, 0.15) is 11.8 Å². The van der Waals surface area contributed by atoms with Crippen molar-refractivity contribution in [1.29, 1.82) is 0 Å². The summed E-state index contributed by atoms with van der Waals surface area (Å²) < 4.78 is 5.44. The van der Waals surface area contributed by atoms with E-state index in [2.05, 4.69) is 15.3 Å². The van der Waals surface area contributed by atoms with Gasteiger partial charge in [0.25, 0.3) is 0 Å². The van der Waals surface area contributed by atoms with Crippen molar-refractivity contribution in [3.05, 3.63) is 34.7 Å². The van der Waals surface area contributed by atoms with Crippen LogP contribution in [0.25, 0.3) is 0 Å². The number of esters is 1. The van der Waals surface area contributed by atoms with Crippen LogP contribution in [0.15, 0.2) is 29.4 Å². The Morgan fingerprint density at radius 3 is 2.81 bits per heavy atom. The number of hydrogen-bond acceptors (Lipinski definition) is 12. The largest absolute Gasteiger partial charge is 0.425 e. The van der Waals surface area contributed by atoms with Gasteiger partial charge < -0.3 is 15.0 Å². The number of carbonyl (C=O) groups is 4. The SMILES string of the molecule is C[C@H](CSC(=O)CNC(=O)CCCN=O)C(=O)N1CCC[C@H]1C(=O)Oc1cccc(CON(O)O)c1. The molecule has 0 aliphatic carbocycles. The summed E-state index contributed by atoms with van der Waals surface area (Å²) in [5, 5.41) is 21.7. The summed E-state index contributed by atoms with van der Waals surface area (Å²) in [6, 6.07) is 5.56. The standard InChI is InChI=1S/C22H30N4O9S/c1-15(14-36-20(28)12-23-19(27)8-3-9-24-31)21(29)25-10-4-7-18(25)22(30)35-17-6-2-5-16(11-17)13-34-26(32)33/h2,5-6,11,15,18,32-33H,3-4,7-10,12-14H2,1H3,(H,23,27)/t15-,18+/m1/s1. The Morgan fingerprint density at radius 2 is 2.08 bits per heavy atom. The molecule has 0 spiro atoms. The van der Waals surface area contributed by atoms with Crippen LogP contribution >= 0.6 is 11.8 Å². The van der Waals surface area contributed by atoms with Crippen molar-refractivity contribution >= 4 is 34.7 Å². The van der Waals surface area contributed by atoms with Gasteiger partial charge in [0.05, 0.1) is 25.1 Å². The van der Waals surface area contributed by atoms with Gasteiger partial charge in [0.15, 0.2) is 0 Å². The van der Waals surface area contributed by atoms with E-state index in [-0.39, 0.29) is 54.5 Å². The molecule has 36 heavy (non-hydrogen) atoms. The van der Waals surface area contributed by atoms with Crippen LogP contribution in [0.5, 0.6) is 5.75 Å². The molecular weight excluding hydrogens is 496 g/mol. The van der Waals surface area contributed by atoms with E-state index in [9.17, 15) is 24.1 Å². The maximum absolute atomic E-state index is 13.0. The number of hydrogen-bond donors (Lipinski definition) is 3. The zero-order chi connectivity index (χ0) is 26.5. The molecule has 0 unspecified atom stereocenters. The Hall–Kier alpha value is -2.91. The molecule has 14 heteroatoms. The van der Waals surface area contributed by atoms with E-state index < -0.39 is 23.3 Å². The normalized spacial score (nSPS) is 16.0. The molecule has 1 fully saturated rings. The highest BCUT2D eigenvalue weighted by atomic mass is 32.2. The van der Waals surface area contributed by atoms with Gasteiger partial charge in [-0.15, -0.1) is 0 Å². The van der Waals surface area contributed by atoms with Crippen LogP contribution in [-0.4, -0.2) is 75.0 Å². The number of nitrogens with zero attached hydrogens (tertiary/aromatic N) is 3. The molecule has 0 aromatic heterocycles. The van der Waals surface area contributed by atoms with Crippen LogP contribution in [0.1, 0.15) is 38.2 Å². The fourth-order valence-corrected chi connectivity index (χ4v) is 4.23. The lowest BCUT2D eigenvalue weighted by Crippen LogP contribution is -2.45. The summed E-state index contributed by atoms with van der Waals surface area (Å²) in [7, 11) is 0. The average molecular weight is 527 g/mol. The van der Waals surface area contributed by atoms with Crippen LogP contribution in [0.2, 0.25) is 0 Å². The zero-order valence-corrected chi connectivity index (χ0v) is 20.6. The van der Waals surface area contributed by atoms with Gasteiger partial charge in [-0.1, -0.05) is 36.0 Å². The molecule has 2 rings (SSSR count). The number of carbonyl (C=O) groups excluding carboxylic acids is 4. The first kappa shape index (κ1) is 29.3. The van der Waals surface area contributed by atoms with Crippen molar-refractivity contribution in [1.82, 2.24) is 15.6 Å². The Morgan fingerprint density at radius 1 is 1.31 bits per heavy atom. The van der Waals surface area contributed by atoms with Crippen molar-refractivity contribution in [3.63, 3.8) is 0 Å². The molecule has 198 valence electrons. The highest BCUT2D eigenvalue weighted by Gasteiger charge is 2.37. The molecule has 1 aliphatic rings. The number of likely N-dealkylation sites (tertiary alicyclic amines) is 1. The van der Waals surface area contributed by atoms with Crippen LogP contribution in [0, 0.1) is 10.8 Å². The number of rotatable bonds is 14. The van der Waals surface area contributed by atoms with Crippen molar-refractivity contribution in [2.75, 3.05) is 25.4 Å². The van der Waals surface area contributed by atoms with Crippen LogP contribution in [0.4, 0.5) is 0 Å². The maximum Gasteiger partial charge on any atom is 0.334 e. The predicted octanol–water partition coefficient (Wildman–Crippen LogP) is 1.65. The van der Waals surface area contributed by atoms with Crippen molar-refractivity contribution in [2.45, 2.75) is 45.3 Å². The van der Waals surface area contributed by atoms with Crippen molar-refractivity contribution < 1.29 is 39.2 Å². The second kappa shape index (κ2) is 15.3. The van der Waals surface area contributed by atoms with Crippen LogP contribution < -0.4 is 10.1 Å². The highest BCUT2D eigenvalue weighted by molar-refractivity contribution is 8.13. The molecule has 13 nitrogen and oxygen atoms in total. The summed E-state index contributed by atoms with van der Waals surface area (Å²) >= 11 is 0.926. The van der Waals surface area contributed by atoms with Crippen molar-refractivity contribution in [3.8, 4) is 5.75 Å². The molecule has 2 amide bonds. The maximum atomic E-state index is 13.0. The van der Waals surface area contributed by atoms with Gasteiger partial charge in [-0.25, -0.2) is 9.63 Å². The first-order valence-corrected chi connectivity index (χ1v) is 12.3. The van der Waals surface area contributed by atoms with Gasteiger partial charge in [0.2, 0.25) is 16.9 Å². The molecule has 2 atom stereocenters. The quantitative estimate of drug-likeness (QED) is 0.106. The number of ether oxygens (including phenoxy) is 1. The highest BCUT2D eigenvalue weighted by Crippen LogP contribution is 2.24. The van der Waals surface area contributed by atoms with Gasteiger partial charge in [-0.2, -0.15) is 4.91 Å². The lowest BCUT2D eigenvalue weighted by Gasteiger charge is -2.26. The Kier molecular flexibility index (Phi) is 12.4. The molecule has 1 heterocycles. The topological polar surface area (TPSA) is 175 Å². The van der Waals surface area contributed by atoms with Crippen LogP contribution in [-0.2, 0) is 30.6 Å². The number of benzene rings is 1. The molecule has 1 aromatic rings. The Balaban J connectivity index is 1.82. The summed E-state index contributed by atoms with van der Waals surface area (Å²) in [6.45, 7) is 1.75. The van der Waals surface area contributed by atoms with E-state index in [0.29, 0.717) is 31.4 Å². The third kappa shape index (κ3) is 9.99. The summed E-state index contributed by atoms with van der Waals surface area (Å²) in [6.07, 6.45) is 1.50. The second-order valence-corrected chi connectivity index (χ2v) is 9.18. The summed E-state index contributed by atoms with van der Waals surface area (Å²) in [5.74, 6) is -1.34. The third-order valence-corrected chi connectivity index (χ3v) is 6.40. The molecule has 0 radical (unpaired) electrons. The van der Waals surface area contributed by atoms with Gasteiger partial charge in [-0.05, 0) is 37.0 Å². The zero-order valence-electron chi connectivity index (χ0n) is 19.8. The third-order valence-electron chi connectivity index (χ3n) is 5.27. The molecule has 1 saturated heterocycles. The minimum Gasteiger partial charge on any atom is -0.425 e. The fourth-order valence-electron chi connectivity index (χ4n) is 3.48. The van der Waals surface area contributed by atoms with E-state index in [4.69, 9.17) is 15.2 Å². The first-order valence-electron chi connectivity index (χ1n) is 11.3. The summed E-state index contributed by atoms with van der Waals surface area (Å²) in [4.78, 5) is 65.4. The molecule has 0 bridgehead atoms. The minimum absolute atomic E-state index is 0.0379. The number of amides is 2. The summed E-state index contributed by atoms with van der Waals surface area (Å²) in [5.41, 5.74) is 0.525. The van der Waals surface area contributed by atoms with E-state index in [0.717, 1.165) is 11.8 Å². The lowest BCUT2D eigenvalue weighted by atomic mass is 10.1. The number of nitrogens with one attached hydrogen (secondary N) is 1. The number of nitroso groups, excluding NO2 is 1. The minimum atomic E-state index is -0.758. The van der Waals surface area contributed by atoms with Gasteiger partial charge >= 0.3 is 5.97 Å². The predicted molar refractivity (Wildman–Crippen MR) is 127 cm³/mol. The monoisotopic (exact) mass is 526 g/mol. The van der Waals surface area contributed by atoms with E-state index >= 15 is 0 Å². The molecule has 0 saturated carbocycles. The van der Waals surface area contributed by atoms with Crippen molar-refractivity contribution in [2.24, 2.45) is 11.1 Å². The molecule has 1 aliphatic heterocycles. The Bertz CT molecular complexity index is 931. The van der Waals surface area contributed by atoms with Gasteiger partial charge in [-0.3, -0.25) is 24.8 Å². The average Bonchev–Trinajstić information content (AvgIpc) is 3.35. The van der Waals surface area contributed by atoms with Crippen LogP contribution in [0.3, 0.4) is 0 Å². The second-order valence-electron chi connectivity index (χ2n) is 8.10.